The van der Waals surface area contributed by atoms with Crippen LogP contribution in [0.25, 0.3) is 0 Å². The Hall–Kier alpha value is -0.210. The number of hydrogen-bond acceptors (Lipinski definition) is 5. The number of nitrogens with one attached hydrogen (secondary N) is 1. The lowest BCUT2D eigenvalue weighted by Gasteiger charge is -2.33. The molecule has 1 N–H and O–H groups in total. The fraction of sp³-hybridized carbons (Fsp3) is 1.00. The van der Waals surface area contributed by atoms with Crippen LogP contribution in [0.15, 0.2) is 0 Å². The largest absolute Gasteiger partial charge is 0.379 e. The zero-order chi connectivity index (χ0) is 15.3. The van der Waals surface area contributed by atoms with Crippen molar-refractivity contribution in [1.82, 2.24) is 14.5 Å². The smallest absolute Gasteiger partial charge is 0.211 e. The first-order valence-electron chi connectivity index (χ1n) is 7.94. The monoisotopic (exact) mass is 319 g/mol. The molecule has 2 aliphatic heterocycles. The minimum absolute atomic E-state index is 0.428. The molecular formula is C14H29N3O3S. The molecule has 2 heterocycles. The number of piperidine rings is 1. The van der Waals surface area contributed by atoms with Crippen LogP contribution in [0.3, 0.4) is 0 Å². The first kappa shape index (κ1) is 17.1. The summed E-state index contributed by atoms with van der Waals surface area (Å²) in [5.41, 5.74) is 0. The molecule has 2 rings (SSSR count). The minimum atomic E-state index is -3.04. The van der Waals surface area contributed by atoms with Gasteiger partial charge in [0.1, 0.15) is 0 Å². The lowest BCUT2D eigenvalue weighted by atomic mass is 9.99. The van der Waals surface area contributed by atoms with Crippen molar-refractivity contribution in [3.05, 3.63) is 0 Å². The molecule has 0 aromatic rings. The van der Waals surface area contributed by atoms with Gasteiger partial charge in [0.15, 0.2) is 0 Å². The van der Waals surface area contributed by atoms with Gasteiger partial charge >= 0.3 is 0 Å². The molecule has 124 valence electrons. The molecule has 0 spiro atoms. The van der Waals surface area contributed by atoms with E-state index in [1.165, 1.54) is 6.26 Å². The van der Waals surface area contributed by atoms with Crippen molar-refractivity contribution < 1.29 is 13.2 Å². The Bertz CT molecular complexity index is 410. The third kappa shape index (κ3) is 5.83. The molecule has 7 heteroatoms. The maximum absolute atomic E-state index is 11.6. The predicted molar refractivity (Wildman–Crippen MR) is 83.9 cm³/mol. The van der Waals surface area contributed by atoms with E-state index in [-0.39, 0.29) is 0 Å². The van der Waals surface area contributed by atoms with Gasteiger partial charge in [0.05, 0.1) is 19.5 Å². The third-order valence-electron chi connectivity index (χ3n) is 4.34. The van der Waals surface area contributed by atoms with Crippen LogP contribution in [0.2, 0.25) is 0 Å². The quantitative estimate of drug-likeness (QED) is 0.745. The summed E-state index contributed by atoms with van der Waals surface area (Å²) in [7, 11) is -3.04. The zero-order valence-electron chi connectivity index (χ0n) is 13.3. The number of ether oxygens (including phenoxy) is 1. The van der Waals surface area contributed by atoms with Crippen LogP contribution < -0.4 is 5.32 Å². The molecule has 2 saturated heterocycles. The van der Waals surface area contributed by atoms with E-state index in [2.05, 4.69) is 17.1 Å². The lowest BCUT2D eigenvalue weighted by Crippen LogP contribution is -2.47. The van der Waals surface area contributed by atoms with Crippen LogP contribution in [0.4, 0.5) is 0 Å². The molecule has 21 heavy (non-hydrogen) atoms. The van der Waals surface area contributed by atoms with Crippen LogP contribution in [-0.2, 0) is 14.8 Å². The minimum Gasteiger partial charge on any atom is -0.379 e. The Morgan fingerprint density at radius 1 is 1.29 bits per heavy atom. The Kier molecular flexibility index (Phi) is 6.43. The molecule has 0 aromatic carbocycles. The normalized spacial score (nSPS) is 27.6. The Morgan fingerprint density at radius 2 is 2.00 bits per heavy atom. The molecule has 2 aliphatic rings. The SMILES string of the molecule is CC(CN1CCOCC1)NCC1CCCN(S(C)(=O)=O)C1. The van der Waals surface area contributed by atoms with E-state index in [1.54, 1.807) is 4.31 Å². The second kappa shape index (κ2) is 7.87. The Morgan fingerprint density at radius 3 is 2.67 bits per heavy atom. The Labute approximate surface area is 128 Å². The molecule has 0 aromatic heterocycles. The molecular weight excluding hydrogens is 290 g/mol. The number of rotatable bonds is 6. The third-order valence-corrected chi connectivity index (χ3v) is 5.61. The highest BCUT2D eigenvalue weighted by atomic mass is 32.2. The van der Waals surface area contributed by atoms with Gasteiger partial charge < -0.3 is 10.1 Å². The molecule has 2 unspecified atom stereocenters. The molecule has 0 saturated carbocycles. The number of nitrogens with zero attached hydrogens (tertiary/aromatic N) is 2. The summed E-state index contributed by atoms with van der Waals surface area (Å²) in [6.45, 7) is 9.16. The summed E-state index contributed by atoms with van der Waals surface area (Å²) in [5, 5.41) is 3.57. The van der Waals surface area contributed by atoms with E-state index in [1.807, 2.05) is 0 Å². The molecule has 0 bridgehead atoms. The zero-order valence-corrected chi connectivity index (χ0v) is 14.1. The van der Waals surface area contributed by atoms with Crippen molar-refractivity contribution >= 4 is 10.0 Å². The van der Waals surface area contributed by atoms with Gasteiger partial charge in [0.2, 0.25) is 10.0 Å². The lowest BCUT2D eigenvalue weighted by molar-refractivity contribution is 0.0341. The van der Waals surface area contributed by atoms with E-state index in [0.717, 1.165) is 52.2 Å². The van der Waals surface area contributed by atoms with Gasteiger partial charge in [-0.15, -0.1) is 0 Å². The maximum atomic E-state index is 11.6. The summed E-state index contributed by atoms with van der Waals surface area (Å²) < 4.78 is 30.2. The van der Waals surface area contributed by atoms with Crippen molar-refractivity contribution in [2.45, 2.75) is 25.8 Å². The number of hydrogen-bond donors (Lipinski definition) is 1. The van der Waals surface area contributed by atoms with Gasteiger partial charge in [-0.05, 0) is 32.2 Å². The van der Waals surface area contributed by atoms with Gasteiger partial charge in [0, 0.05) is 38.8 Å². The van der Waals surface area contributed by atoms with Crippen molar-refractivity contribution in [2.24, 2.45) is 5.92 Å². The summed E-state index contributed by atoms with van der Waals surface area (Å²) in [4.78, 5) is 2.42. The number of sulfonamides is 1. The second-order valence-electron chi connectivity index (χ2n) is 6.35. The molecule has 2 fully saturated rings. The van der Waals surface area contributed by atoms with Gasteiger partial charge in [0.25, 0.3) is 0 Å². The Balaban J connectivity index is 1.69. The van der Waals surface area contributed by atoms with Crippen LogP contribution in [0, 0.1) is 5.92 Å². The fourth-order valence-corrected chi connectivity index (χ4v) is 4.04. The fourth-order valence-electron chi connectivity index (χ4n) is 3.10. The summed E-state index contributed by atoms with van der Waals surface area (Å²) in [5.74, 6) is 0.431. The van der Waals surface area contributed by atoms with E-state index >= 15 is 0 Å². The second-order valence-corrected chi connectivity index (χ2v) is 8.33. The molecule has 0 aliphatic carbocycles. The van der Waals surface area contributed by atoms with E-state index in [0.29, 0.717) is 25.0 Å². The standard InChI is InChI=1S/C14H29N3O3S/c1-13(11-16-6-8-20-9-7-16)15-10-14-4-3-5-17(12-14)21(2,18)19/h13-15H,3-12H2,1-2H3. The van der Waals surface area contributed by atoms with Crippen molar-refractivity contribution in [3.63, 3.8) is 0 Å². The topological polar surface area (TPSA) is 61.9 Å². The predicted octanol–water partition coefficient (Wildman–Crippen LogP) is -0.0317. The molecule has 2 atom stereocenters. The molecule has 6 nitrogen and oxygen atoms in total. The molecule has 0 radical (unpaired) electrons. The summed E-state index contributed by atoms with van der Waals surface area (Å²) in [6, 6.07) is 0.428. The van der Waals surface area contributed by atoms with Gasteiger partial charge in [-0.25, -0.2) is 12.7 Å². The maximum Gasteiger partial charge on any atom is 0.211 e. The summed E-state index contributed by atoms with van der Waals surface area (Å²) >= 11 is 0. The van der Waals surface area contributed by atoms with Crippen LogP contribution in [0.1, 0.15) is 19.8 Å². The first-order chi connectivity index (χ1) is 9.95. The first-order valence-corrected chi connectivity index (χ1v) is 9.78. The van der Waals surface area contributed by atoms with Crippen molar-refractivity contribution in [2.75, 3.05) is 58.7 Å². The molecule has 0 amide bonds. The van der Waals surface area contributed by atoms with Crippen LogP contribution in [0.5, 0.6) is 0 Å². The van der Waals surface area contributed by atoms with Gasteiger partial charge in [-0.2, -0.15) is 0 Å². The average molecular weight is 319 g/mol. The van der Waals surface area contributed by atoms with E-state index < -0.39 is 10.0 Å². The van der Waals surface area contributed by atoms with E-state index in [4.69, 9.17) is 4.74 Å². The van der Waals surface area contributed by atoms with Gasteiger partial charge in [-0.1, -0.05) is 0 Å². The van der Waals surface area contributed by atoms with Crippen LogP contribution >= 0.6 is 0 Å². The highest BCUT2D eigenvalue weighted by molar-refractivity contribution is 7.88. The van der Waals surface area contributed by atoms with Crippen LogP contribution in [-0.4, -0.2) is 82.4 Å². The highest BCUT2D eigenvalue weighted by Crippen LogP contribution is 2.18. The van der Waals surface area contributed by atoms with Gasteiger partial charge in [-0.3, -0.25) is 4.90 Å². The van der Waals surface area contributed by atoms with Crippen molar-refractivity contribution in [1.29, 1.82) is 0 Å². The van der Waals surface area contributed by atoms with E-state index in [9.17, 15) is 8.42 Å². The summed E-state index contributed by atoms with van der Waals surface area (Å²) in [6.07, 6.45) is 3.39. The highest BCUT2D eigenvalue weighted by Gasteiger charge is 2.26. The van der Waals surface area contributed by atoms with Crippen molar-refractivity contribution in [3.8, 4) is 0 Å². The average Bonchev–Trinajstić information content (AvgIpc) is 2.46. The number of morpholine rings is 1.